The minimum absolute atomic E-state index is 0.0340. The van der Waals surface area contributed by atoms with E-state index in [0.717, 1.165) is 13.0 Å². The minimum atomic E-state index is -0.377. The van der Waals surface area contributed by atoms with Gasteiger partial charge in [-0.15, -0.1) is 0 Å². The van der Waals surface area contributed by atoms with Gasteiger partial charge in [0.15, 0.2) is 0 Å². The van der Waals surface area contributed by atoms with Gasteiger partial charge in [0.25, 0.3) is 0 Å². The first-order chi connectivity index (χ1) is 7.88. The number of carbonyl (C=O) groups excluding carboxylic acids is 1. The first-order valence-electron chi connectivity index (χ1n) is 6.55. The molecule has 4 nitrogen and oxygen atoms in total. The van der Waals surface area contributed by atoms with E-state index in [4.69, 9.17) is 4.74 Å². The van der Waals surface area contributed by atoms with Gasteiger partial charge in [-0.05, 0) is 47.1 Å². The molecule has 2 atom stereocenters. The van der Waals surface area contributed by atoms with Crippen LogP contribution in [0.5, 0.6) is 0 Å². The van der Waals surface area contributed by atoms with E-state index in [1.54, 1.807) is 0 Å². The summed E-state index contributed by atoms with van der Waals surface area (Å²) in [5.74, 6) is -0.0340. The second-order valence-electron chi connectivity index (χ2n) is 5.86. The molecule has 0 bridgehead atoms. The van der Waals surface area contributed by atoms with Gasteiger partial charge >= 0.3 is 0 Å². The Bertz CT molecular complexity index is 242. The zero-order valence-electron chi connectivity index (χ0n) is 11.5. The maximum absolute atomic E-state index is 11.8. The van der Waals surface area contributed by atoms with Gasteiger partial charge in [0.2, 0.25) is 5.91 Å². The van der Waals surface area contributed by atoms with Crippen molar-refractivity contribution in [1.29, 1.82) is 0 Å². The third kappa shape index (κ3) is 6.03. The Morgan fingerprint density at radius 1 is 1.47 bits per heavy atom. The van der Waals surface area contributed by atoms with Crippen LogP contribution < -0.4 is 10.6 Å². The molecule has 0 aliphatic carbocycles. The molecule has 0 aromatic rings. The largest absolute Gasteiger partial charge is 0.367 e. The van der Waals surface area contributed by atoms with Crippen LogP contribution in [0.1, 0.15) is 47.0 Å². The second kappa shape index (κ2) is 6.36. The van der Waals surface area contributed by atoms with Gasteiger partial charge in [0.1, 0.15) is 6.10 Å². The molecule has 1 saturated heterocycles. The van der Waals surface area contributed by atoms with E-state index in [0.29, 0.717) is 12.6 Å². The SMILES string of the molecule is CC(OCC1CCCCN1)C(=O)NC(C)(C)C. The maximum Gasteiger partial charge on any atom is 0.249 e. The molecule has 1 heterocycles. The van der Waals surface area contributed by atoms with Crippen LogP contribution in [0.2, 0.25) is 0 Å². The Labute approximate surface area is 104 Å². The number of hydrogen-bond acceptors (Lipinski definition) is 3. The summed E-state index contributed by atoms with van der Waals surface area (Å²) in [4.78, 5) is 11.8. The zero-order chi connectivity index (χ0) is 12.9. The Kier molecular flexibility index (Phi) is 5.40. The first-order valence-corrected chi connectivity index (χ1v) is 6.55. The van der Waals surface area contributed by atoms with Crippen LogP contribution in [-0.4, -0.2) is 36.7 Å². The lowest BCUT2D eigenvalue weighted by Crippen LogP contribution is -2.47. The van der Waals surface area contributed by atoms with Crippen molar-refractivity contribution in [2.45, 2.75) is 64.6 Å². The number of carbonyl (C=O) groups is 1. The van der Waals surface area contributed by atoms with Gasteiger partial charge in [0.05, 0.1) is 6.61 Å². The molecule has 0 saturated carbocycles. The predicted molar refractivity (Wildman–Crippen MR) is 69.0 cm³/mol. The Morgan fingerprint density at radius 3 is 2.71 bits per heavy atom. The molecule has 100 valence electrons. The van der Waals surface area contributed by atoms with E-state index in [1.165, 1.54) is 12.8 Å². The molecule has 2 N–H and O–H groups in total. The standard InChI is InChI=1S/C13H26N2O2/c1-10(12(16)15-13(2,3)4)17-9-11-7-5-6-8-14-11/h10-11,14H,5-9H2,1-4H3,(H,15,16). The van der Waals surface area contributed by atoms with Gasteiger partial charge < -0.3 is 15.4 Å². The highest BCUT2D eigenvalue weighted by Crippen LogP contribution is 2.08. The van der Waals surface area contributed by atoms with Gasteiger partial charge in [0, 0.05) is 11.6 Å². The molecular weight excluding hydrogens is 216 g/mol. The molecule has 0 spiro atoms. The molecule has 1 aliphatic heterocycles. The molecule has 1 aliphatic rings. The fourth-order valence-electron chi connectivity index (χ4n) is 1.87. The molecular formula is C13H26N2O2. The lowest BCUT2D eigenvalue weighted by Gasteiger charge is -2.26. The maximum atomic E-state index is 11.8. The lowest BCUT2D eigenvalue weighted by atomic mass is 10.1. The molecule has 0 radical (unpaired) electrons. The summed E-state index contributed by atoms with van der Waals surface area (Å²) in [6.07, 6.45) is 3.27. The highest BCUT2D eigenvalue weighted by atomic mass is 16.5. The van der Waals surface area contributed by atoms with E-state index < -0.39 is 0 Å². The molecule has 1 rings (SSSR count). The lowest BCUT2D eigenvalue weighted by molar-refractivity contribution is -0.133. The van der Waals surface area contributed by atoms with E-state index in [2.05, 4.69) is 10.6 Å². The number of piperidine rings is 1. The van der Waals surface area contributed by atoms with Crippen molar-refractivity contribution < 1.29 is 9.53 Å². The summed E-state index contributed by atoms with van der Waals surface area (Å²) >= 11 is 0. The monoisotopic (exact) mass is 242 g/mol. The summed E-state index contributed by atoms with van der Waals surface area (Å²) in [5, 5.41) is 6.33. The molecule has 2 unspecified atom stereocenters. The number of rotatable bonds is 4. The van der Waals surface area contributed by atoms with Crippen LogP contribution in [0.25, 0.3) is 0 Å². The Balaban J connectivity index is 2.23. The van der Waals surface area contributed by atoms with Crippen LogP contribution in [0.4, 0.5) is 0 Å². The van der Waals surface area contributed by atoms with Crippen molar-refractivity contribution >= 4 is 5.91 Å². The van der Waals surface area contributed by atoms with Crippen molar-refractivity contribution in [3.05, 3.63) is 0 Å². The predicted octanol–water partition coefficient (Wildman–Crippen LogP) is 1.45. The highest BCUT2D eigenvalue weighted by molar-refractivity contribution is 5.80. The number of ether oxygens (including phenoxy) is 1. The van der Waals surface area contributed by atoms with Crippen molar-refractivity contribution in [2.75, 3.05) is 13.2 Å². The minimum Gasteiger partial charge on any atom is -0.367 e. The van der Waals surface area contributed by atoms with Crippen molar-refractivity contribution in [2.24, 2.45) is 0 Å². The summed E-state index contributed by atoms with van der Waals surface area (Å²) in [5.41, 5.74) is -0.197. The molecule has 17 heavy (non-hydrogen) atoms. The molecule has 0 aromatic carbocycles. The smallest absolute Gasteiger partial charge is 0.249 e. The normalized spacial score (nSPS) is 23.2. The van der Waals surface area contributed by atoms with Gasteiger partial charge in [-0.3, -0.25) is 4.79 Å². The fourth-order valence-corrected chi connectivity index (χ4v) is 1.87. The molecule has 0 aromatic heterocycles. The average Bonchev–Trinajstić information content (AvgIpc) is 2.25. The van der Waals surface area contributed by atoms with Gasteiger partial charge in [-0.2, -0.15) is 0 Å². The van der Waals surface area contributed by atoms with E-state index in [9.17, 15) is 4.79 Å². The topological polar surface area (TPSA) is 50.4 Å². The Hall–Kier alpha value is -0.610. The van der Waals surface area contributed by atoms with Crippen molar-refractivity contribution in [3.8, 4) is 0 Å². The van der Waals surface area contributed by atoms with Crippen LogP contribution >= 0.6 is 0 Å². The zero-order valence-corrected chi connectivity index (χ0v) is 11.5. The summed E-state index contributed by atoms with van der Waals surface area (Å²) < 4.78 is 5.61. The first kappa shape index (κ1) is 14.5. The number of nitrogens with one attached hydrogen (secondary N) is 2. The number of hydrogen-bond donors (Lipinski definition) is 2. The van der Waals surface area contributed by atoms with E-state index in [1.807, 2.05) is 27.7 Å². The van der Waals surface area contributed by atoms with Gasteiger partial charge in [-0.25, -0.2) is 0 Å². The van der Waals surface area contributed by atoms with E-state index in [-0.39, 0.29) is 17.6 Å². The quantitative estimate of drug-likeness (QED) is 0.784. The number of amides is 1. The van der Waals surface area contributed by atoms with Crippen molar-refractivity contribution in [3.63, 3.8) is 0 Å². The Morgan fingerprint density at radius 2 is 2.18 bits per heavy atom. The summed E-state index contributed by atoms with van der Waals surface area (Å²) in [6, 6.07) is 0.411. The van der Waals surface area contributed by atoms with E-state index >= 15 is 0 Å². The fraction of sp³-hybridized carbons (Fsp3) is 0.923. The summed E-state index contributed by atoms with van der Waals surface area (Å²) in [6.45, 7) is 9.42. The second-order valence-corrected chi connectivity index (χ2v) is 5.86. The summed E-state index contributed by atoms with van der Waals surface area (Å²) in [7, 11) is 0. The molecule has 1 fully saturated rings. The van der Waals surface area contributed by atoms with Crippen LogP contribution in [0.15, 0.2) is 0 Å². The van der Waals surface area contributed by atoms with Crippen LogP contribution in [0, 0.1) is 0 Å². The average molecular weight is 242 g/mol. The highest BCUT2D eigenvalue weighted by Gasteiger charge is 2.21. The van der Waals surface area contributed by atoms with Gasteiger partial charge in [-0.1, -0.05) is 6.42 Å². The third-order valence-corrected chi connectivity index (χ3v) is 2.83. The molecule has 4 heteroatoms. The van der Waals surface area contributed by atoms with Crippen LogP contribution in [-0.2, 0) is 9.53 Å². The van der Waals surface area contributed by atoms with Crippen LogP contribution in [0.3, 0.4) is 0 Å². The van der Waals surface area contributed by atoms with Crippen molar-refractivity contribution in [1.82, 2.24) is 10.6 Å². The third-order valence-electron chi connectivity index (χ3n) is 2.83. The molecule has 1 amide bonds.